The maximum atomic E-state index is 4.04. The number of imidazole rings is 1. The number of benzene rings is 1. The molecule has 0 aliphatic heterocycles. The van der Waals surface area contributed by atoms with Crippen molar-refractivity contribution in [3.8, 4) is 0 Å². The van der Waals surface area contributed by atoms with E-state index in [0.29, 0.717) is 6.04 Å². The molecule has 0 aliphatic rings. The highest BCUT2D eigenvalue weighted by atomic mass is 15.1. The van der Waals surface area contributed by atoms with Gasteiger partial charge in [-0.15, -0.1) is 0 Å². The number of aromatic nitrogens is 2. The molecule has 0 bridgehead atoms. The van der Waals surface area contributed by atoms with Gasteiger partial charge in [-0.2, -0.15) is 0 Å². The minimum absolute atomic E-state index is 0.466. The lowest BCUT2D eigenvalue weighted by molar-refractivity contribution is 0.480. The van der Waals surface area contributed by atoms with Gasteiger partial charge in [-0.25, -0.2) is 4.98 Å². The summed E-state index contributed by atoms with van der Waals surface area (Å²) in [6.07, 6.45) is 6.75. The van der Waals surface area contributed by atoms with Crippen LogP contribution in [0.2, 0.25) is 0 Å². The van der Waals surface area contributed by atoms with Crippen molar-refractivity contribution in [2.45, 2.75) is 25.9 Å². The Balaban J connectivity index is 1.68. The van der Waals surface area contributed by atoms with Gasteiger partial charge in [-0.3, -0.25) is 0 Å². The molecule has 0 amide bonds. The summed E-state index contributed by atoms with van der Waals surface area (Å²) in [4.78, 5) is 4.04. The van der Waals surface area contributed by atoms with E-state index in [2.05, 4.69) is 52.1 Å². The van der Waals surface area contributed by atoms with Crippen molar-refractivity contribution in [1.82, 2.24) is 14.9 Å². The Labute approximate surface area is 103 Å². The molecular formula is C14H19N3. The SMILES string of the molecule is CC(Cn1ccnc1)NCCc1ccccc1. The van der Waals surface area contributed by atoms with Crippen molar-refractivity contribution in [3.05, 3.63) is 54.6 Å². The summed E-state index contributed by atoms with van der Waals surface area (Å²) < 4.78 is 2.10. The number of hydrogen-bond donors (Lipinski definition) is 1. The van der Waals surface area contributed by atoms with Gasteiger partial charge in [0.05, 0.1) is 6.33 Å². The van der Waals surface area contributed by atoms with Crippen LogP contribution < -0.4 is 5.32 Å². The van der Waals surface area contributed by atoms with Crippen LogP contribution in [0.1, 0.15) is 12.5 Å². The smallest absolute Gasteiger partial charge is 0.0946 e. The van der Waals surface area contributed by atoms with Gasteiger partial charge in [-0.05, 0) is 25.5 Å². The van der Waals surface area contributed by atoms with Crippen molar-refractivity contribution in [1.29, 1.82) is 0 Å². The summed E-state index contributed by atoms with van der Waals surface area (Å²) in [6.45, 7) is 4.18. The van der Waals surface area contributed by atoms with Crippen LogP contribution >= 0.6 is 0 Å². The number of nitrogens with one attached hydrogen (secondary N) is 1. The maximum Gasteiger partial charge on any atom is 0.0946 e. The van der Waals surface area contributed by atoms with Gasteiger partial charge in [0.25, 0.3) is 0 Å². The minimum Gasteiger partial charge on any atom is -0.336 e. The molecule has 0 saturated heterocycles. The monoisotopic (exact) mass is 229 g/mol. The zero-order chi connectivity index (χ0) is 11.9. The van der Waals surface area contributed by atoms with Crippen LogP contribution in [0.4, 0.5) is 0 Å². The third-order valence-corrected chi connectivity index (χ3v) is 2.79. The van der Waals surface area contributed by atoms with E-state index in [-0.39, 0.29) is 0 Å². The summed E-state index contributed by atoms with van der Waals surface area (Å²) >= 11 is 0. The zero-order valence-corrected chi connectivity index (χ0v) is 10.2. The molecule has 1 aromatic carbocycles. The van der Waals surface area contributed by atoms with Gasteiger partial charge in [0.2, 0.25) is 0 Å². The fraction of sp³-hybridized carbons (Fsp3) is 0.357. The van der Waals surface area contributed by atoms with Crippen LogP contribution in [-0.4, -0.2) is 22.1 Å². The average molecular weight is 229 g/mol. The van der Waals surface area contributed by atoms with Crippen molar-refractivity contribution in [2.24, 2.45) is 0 Å². The maximum absolute atomic E-state index is 4.04. The van der Waals surface area contributed by atoms with E-state index < -0.39 is 0 Å². The minimum atomic E-state index is 0.466. The van der Waals surface area contributed by atoms with Crippen LogP contribution in [0.3, 0.4) is 0 Å². The molecule has 0 aliphatic carbocycles. The first-order valence-electron chi connectivity index (χ1n) is 6.07. The highest BCUT2D eigenvalue weighted by Crippen LogP contribution is 1.99. The first-order chi connectivity index (χ1) is 8.34. The fourth-order valence-corrected chi connectivity index (χ4v) is 1.88. The largest absolute Gasteiger partial charge is 0.336 e. The molecule has 3 heteroatoms. The molecule has 2 rings (SSSR count). The standard InChI is InChI=1S/C14H19N3/c1-13(11-17-10-9-15-12-17)16-8-7-14-5-3-2-4-6-14/h2-6,9-10,12-13,16H,7-8,11H2,1H3. The van der Waals surface area contributed by atoms with Gasteiger partial charge in [0, 0.05) is 25.0 Å². The molecular weight excluding hydrogens is 210 g/mol. The molecule has 0 spiro atoms. The third kappa shape index (κ3) is 4.04. The topological polar surface area (TPSA) is 29.9 Å². The Morgan fingerprint density at radius 2 is 2.12 bits per heavy atom. The first-order valence-corrected chi connectivity index (χ1v) is 6.07. The van der Waals surface area contributed by atoms with E-state index in [4.69, 9.17) is 0 Å². The summed E-state index contributed by atoms with van der Waals surface area (Å²) in [7, 11) is 0. The van der Waals surface area contributed by atoms with Crippen molar-refractivity contribution < 1.29 is 0 Å². The van der Waals surface area contributed by atoms with Gasteiger partial charge in [0.15, 0.2) is 0 Å². The number of hydrogen-bond acceptors (Lipinski definition) is 2. The molecule has 2 aromatic rings. The molecule has 90 valence electrons. The summed E-state index contributed by atoms with van der Waals surface area (Å²) in [5.74, 6) is 0. The van der Waals surface area contributed by atoms with Gasteiger partial charge >= 0.3 is 0 Å². The Morgan fingerprint density at radius 3 is 2.82 bits per heavy atom. The molecule has 1 aromatic heterocycles. The molecule has 0 saturated carbocycles. The predicted octanol–water partition coefficient (Wildman–Crippen LogP) is 2.10. The first kappa shape index (κ1) is 11.9. The molecule has 17 heavy (non-hydrogen) atoms. The molecule has 1 atom stereocenters. The number of nitrogens with zero attached hydrogens (tertiary/aromatic N) is 2. The summed E-state index contributed by atoms with van der Waals surface area (Å²) in [5.41, 5.74) is 1.38. The quantitative estimate of drug-likeness (QED) is 0.822. The van der Waals surface area contributed by atoms with Gasteiger partial charge in [-0.1, -0.05) is 30.3 Å². The highest BCUT2D eigenvalue weighted by molar-refractivity contribution is 5.14. The van der Waals surface area contributed by atoms with E-state index in [0.717, 1.165) is 19.5 Å². The second-order valence-corrected chi connectivity index (χ2v) is 4.35. The van der Waals surface area contributed by atoms with E-state index in [1.54, 1.807) is 0 Å². The third-order valence-electron chi connectivity index (χ3n) is 2.79. The van der Waals surface area contributed by atoms with Gasteiger partial charge < -0.3 is 9.88 Å². The summed E-state index contributed by atoms with van der Waals surface area (Å²) in [6, 6.07) is 11.0. The van der Waals surface area contributed by atoms with E-state index in [1.807, 2.05) is 18.7 Å². The lowest BCUT2D eigenvalue weighted by Crippen LogP contribution is -2.31. The van der Waals surface area contributed by atoms with E-state index >= 15 is 0 Å². The molecule has 3 nitrogen and oxygen atoms in total. The summed E-state index contributed by atoms with van der Waals surface area (Å²) in [5, 5.41) is 3.52. The Morgan fingerprint density at radius 1 is 1.29 bits per heavy atom. The second-order valence-electron chi connectivity index (χ2n) is 4.35. The lowest BCUT2D eigenvalue weighted by Gasteiger charge is -2.14. The molecule has 1 N–H and O–H groups in total. The van der Waals surface area contributed by atoms with Crippen LogP contribution in [0, 0.1) is 0 Å². The average Bonchev–Trinajstić information content (AvgIpc) is 2.83. The predicted molar refractivity (Wildman–Crippen MR) is 69.8 cm³/mol. The fourth-order valence-electron chi connectivity index (χ4n) is 1.88. The van der Waals surface area contributed by atoms with Crippen LogP contribution in [0.15, 0.2) is 49.1 Å². The molecule has 1 unspecified atom stereocenters. The second kappa shape index (κ2) is 6.21. The van der Waals surface area contributed by atoms with E-state index in [1.165, 1.54) is 5.56 Å². The van der Waals surface area contributed by atoms with Crippen molar-refractivity contribution >= 4 is 0 Å². The van der Waals surface area contributed by atoms with Crippen molar-refractivity contribution in [3.63, 3.8) is 0 Å². The molecule has 0 fully saturated rings. The van der Waals surface area contributed by atoms with Crippen LogP contribution in [0.5, 0.6) is 0 Å². The highest BCUT2D eigenvalue weighted by Gasteiger charge is 2.01. The van der Waals surface area contributed by atoms with Crippen molar-refractivity contribution in [2.75, 3.05) is 6.54 Å². The Kier molecular flexibility index (Phi) is 4.33. The van der Waals surface area contributed by atoms with Gasteiger partial charge in [0.1, 0.15) is 0 Å². The normalized spacial score (nSPS) is 12.5. The lowest BCUT2D eigenvalue weighted by atomic mass is 10.1. The zero-order valence-electron chi connectivity index (χ0n) is 10.2. The number of rotatable bonds is 6. The Hall–Kier alpha value is -1.61. The van der Waals surface area contributed by atoms with Crippen LogP contribution in [0.25, 0.3) is 0 Å². The van der Waals surface area contributed by atoms with Crippen LogP contribution in [-0.2, 0) is 13.0 Å². The Bertz CT molecular complexity index is 408. The molecule has 0 radical (unpaired) electrons. The molecule has 1 heterocycles. The van der Waals surface area contributed by atoms with E-state index in [9.17, 15) is 0 Å².